The Hall–Kier alpha value is -2.89. The number of carbonyl (C=O) groups excluding carboxylic acids is 1. The summed E-state index contributed by atoms with van der Waals surface area (Å²) in [4.78, 5) is 24.0. The second kappa shape index (κ2) is 7.42. The number of fused-ring (bicyclic) bond motifs is 2. The van der Waals surface area contributed by atoms with E-state index in [1.807, 2.05) is 18.2 Å². The Kier molecular flexibility index (Phi) is 4.72. The summed E-state index contributed by atoms with van der Waals surface area (Å²) >= 11 is 0. The Morgan fingerprint density at radius 2 is 1.70 bits per heavy atom. The van der Waals surface area contributed by atoms with Gasteiger partial charge < -0.3 is 4.90 Å². The molecule has 6 heteroatoms. The Bertz CT molecular complexity index is 980. The molecular weight excluding hydrogens is 384 g/mol. The van der Waals surface area contributed by atoms with E-state index in [4.69, 9.17) is 0 Å². The van der Waals surface area contributed by atoms with Gasteiger partial charge in [-0.2, -0.15) is 0 Å². The lowest BCUT2D eigenvalue weighted by molar-refractivity contribution is -0.130. The maximum Gasteiger partial charge on any atom is 0.225 e. The molecule has 4 atom stereocenters. The largest absolute Gasteiger partial charge is 0.335 e. The molecule has 0 N–H and O–H groups in total. The highest BCUT2D eigenvalue weighted by Crippen LogP contribution is 2.44. The van der Waals surface area contributed by atoms with Crippen molar-refractivity contribution in [2.45, 2.75) is 49.4 Å². The Balaban J connectivity index is 1.34. The minimum atomic E-state index is -2.38. The molecule has 2 bridgehead atoms. The molecule has 0 saturated carbocycles. The molecule has 2 fully saturated rings. The van der Waals surface area contributed by atoms with Gasteiger partial charge in [0.15, 0.2) is 5.78 Å². The minimum Gasteiger partial charge on any atom is -0.335 e. The SMILES string of the molecule is O=C(C1CC2CCC(C1)N2c1ncccn1)C1(F)C=CC(c2ccccc2)C(F)=C1. The zero-order valence-corrected chi connectivity index (χ0v) is 16.5. The van der Waals surface area contributed by atoms with Crippen LogP contribution in [0.2, 0.25) is 0 Å². The molecule has 0 amide bonds. The van der Waals surface area contributed by atoms with Gasteiger partial charge in [0.25, 0.3) is 0 Å². The van der Waals surface area contributed by atoms with E-state index in [-0.39, 0.29) is 12.1 Å². The lowest BCUT2D eigenvalue weighted by Gasteiger charge is -2.39. The molecule has 5 rings (SSSR count). The van der Waals surface area contributed by atoms with Crippen LogP contribution in [-0.4, -0.2) is 33.5 Å². The Labute approximate surface area is 174 Å². The van der Waals surface area contributed by atoms with E-state index in [0.717, 1.165) is 24.5 Å². The standard InChI is InChI=1S/C24H23F2N3O/c25-21-15-24(26,10-9-20(21)16-5-2-1-3-6-16)22(30)17-13-18-7-8-19(14-17)29(18)23-27-11-4-12-28-23/h1-6,9-12,15,17-20H,7-8,13-14H2. The van der Waals surface area contributed by atoms with Crippen molar-refractivity contribution < 1.29 is 13.6 Å². The molecule has 4 nitrogen and oxygen atoms in total. The van der Waals surface area contributed by atoms with Crippen molar-refractivity contribution >= 4 is 11.7 Å². The fraction of sp³-hybridized carbons (Fsp3) is 0.375. The molecule has 4 unspecified atom stereocenters. The van der Waals surface area contributed by atoms with Crippen LogP contribution in [0, 0.1) is 5.92 Å². The van der Waals surface area contributed by atoms with Gasteiger partial charge in [-0.25, -0.2) is 18.7 Å². The van der Waals surface area contributed by atoms with Gasteiger partial charge in [0.05, 0.1) is 5.92 Å². The van der Waals surface area contributed by atoms with E-state index in [0.29, 0.717) is 18.8 Å². The van der Waals surface area contributed by atoms with Gasteiger partial charge in [0, 0.05) is 30.4 Å². The van der Waals surface area contributed by atoms with Gasteiger partial charge in [-0.05, 0) is 49.5 Å². The number of halogens is 2. The number of piperidine rings is 1. The van der Waals surface area contributed by atoms with Crippen LogP contribution in [0.15, 0.2) is 72.8 Å². The van der Waals surface area contributed by atoms with E-state index >= 15 is 4.39 Å². The van der Waals surface area contributed by atoms with Crippen molar-refractivity contribution in [2.24, 2.45) is 5.92 Å². The molecule has 3 aliphatic rings. The van der Waals surface area contributed by atoms with Crippen LogP contribution >= 0.6 is 0 Å². The number of benzene rings is 1. The van der Waals surface area contributed by atoms with Crippen molar-refractivity contribution in [3.05, 3.63) is 78.4 Å². The first-order chi connectivity index (χ1) is 14.5. The topological polar surface area (TPSA) is 46.1 Å². The number of ketones is 1. The summed E-state index contributed by atoms with van der Waals surface area (Å²) < 4.78 is 30.4. The van der Waals surface area contributed by atoms with Crippen LogP contribution < -0.4 is 4.90 Å². The molecule has 0 spiro atoms. The first-order valence-corrected chi connectivity index (χ1v) is 10.5. The van der Waals surface area contributed by atoms with Crippen LogP contribution in [0.1, 0.15) is 37.2 Å². The third-order valence-electron chi connectivity index (χ3n) is 6.60. The van der Waals surface area contributed by atoms with Crippen molar-refractivity contribution in [1.82, 2.24) is 9.97 Å². The third kappa shape index (κ3) is 3.24. The minimum absolute atomic E-state index is 0.113. The van der Waals surface area contributed by atoms with Gasteiger partial charge in [-0.15, -0.1) is 0 Å². The Morgan fingerprint density at radius 1 is 1.03 bits per heavy atom. The highest BCUT2D eigenvalue weighted by atomic mass is 19.1. The normalized spacial score (nSPS) is 32.7. The summed E-state index contributed by atoms with van der Waals surface area (Å²) in [6.45, 7) is 0. The van der Waals surface area contributed by atoms with E-state index in [1.54, 1.807) is 30.6 Å². The zero-order valence-electron chi connectivity index (χ0n) is 16.5. The number of nitrogens with zero attached hydrogens (tertiary/aromatic N) is 3. The number of allylic oxidation sites excluding steroid dienone is 4. The van der Waals surface area contributed by atoms with Gasteiger partial charge in [-0.3, -0.25) is 4.79 Å². The van der Waals surface area contributed by atoms with E-state index in [1.165, 1.54) is 12.2 Å². The predicted molar refractivity (Wildman–Crippen MR) is 110 cm³/mol. The third-order valence-corrected chi connectivity index (χ3v) is 6.60. The fourth-order valence-electron chi connectivity index (χ4n) is 5.21. The molecule has 1 aliphatic carbocycles. The molecular formula is C24H23F2N3O. The molecule has 30 heavy (non-hydrogen) atoms. The highest BCUT2D eigenvalue weighted by molar-refractivity contribution is 5.94. The first kappa shape index (κ1) is 19.1. The summed E-state index contributed by atoms with van der Waals surface area (Å²) in [5, 5.41) is 0. The van der Waals surface area contributed by atoms with E-state index in [2.05, 4.69) is 14.9 Å². The van der Waals surface area contributed by atoms with Crippen molar-refractivity contribution in [3.63, 3.8) is 0 Å². The average molecular weight is 407 g/mol. The summed E-state index contributed by atoms with van der Waals surface area (Å²) in [5.74, 6) is -1.56. The Morgan fingerprint density at radius 3 is 2.33 bits per heavy atom. The number of hydrogen-bond acceptors (Lipinski definition) is 4. The van der Waals surface area contributed by atoms with Crippen LogP contribution in [0.3, 0.4) is 0 Å². The molecule has 154 valence electrons. The highest BCUT2D eigenvalue weighted by Gasteiger charge is 2.49. The summed E-state index contributed by atoms with van der Waals surface area (Å²) in [6.07, 6.45) is 9.97. The van der Waals surface area contributed by atoms with E-state index < -0.39 is 29.1 Å². The zero-order chi connectivity index (χ0) is 20.7. The number of carbonyl (C=O) groups is 1. The second-order valence-corrected chi connectivity index (χ2v) is 8.42. The average Bonchev–Trinajstić information content (AvgIpc) is 3.04. The van der Waals surface area contributed by atoms with Crippen molar-refractivity contribution in [3.8, 4) is 0 Å². The number of rotatable bonds is 4. The van der Waals surface area contributed by atoms with Crippen LogP contribution in [0.25, 0.3) is 0 Å². The molecule has 2 aromatic rings. The molecule has 2 saturated heterocycles. The maximum absolute atomic E-state index is 15.6. The number of anilines is 1. The quantitative estimate of drug-likeness (QED) is 0.689. The monoisotopic (exact) mass is 407 g/mol. The molecule has 1 aromatic heterocycles. The summed E-state index contributed by atoms with van der Waals surface area (Å²) in [7, 11) is 0. The lowest BCUT2D eigenvalue weighted by Crippen LogP contribution is -2.48. The number of aromatic nitrogens is 2. The lowest BCUT2D eigenvalue weighted by atomic mass is 9.78. The van der Waals surface area contributed by atoms with Crippen molar-refractivity contribution in [1.29, 1.82) is 0 Å². The molecule has 1 aromatic carbocycles. The summed E-state index contributed by atoms with van der Waals surface area (Å²) in [6, 6.07) is 11.1. The molecule has 3 heterocycles. The maximum atomic E-state index is 15.6. The van der Waals surface area contributed by atoms with Gasteiger partial charge in [-0.1, -0.05) is 36.4 Å². The molecule has 2 aliphatic heterocycles. The molecule has 0 radical (unpaired) electrons. The van der Waals surface area contributed by atoms with Crippen LogP contribution in [-0.2, 0) is 4.79 Å². The number of hydrogen-bond donors (Lipinski definition) is 0. The van der Waals surface area contributed by atoms with Crippen LogP contribution in [0.5, 0.6) is 0 Å². The van der Waals surface area contributed by atoms with Gasteiger partial charge in [0.1, 0.15) is 5.83 Å². The van der Waals surface area contributed by atoms with Gasteiger partial charge in [0.2, 0.25) is 11.6 Å². The van der Waals surface area contributed by atoms with Gasteiger partial charge >= 0.3 is 0 Å². The van der Waals surface area contributed by atoms with E-state index in [9.17, 15) is 9.18 Å². The van der Waals surface area contributed by atoms with Crippen molar-refractivity contribution in [2.75, 3.05) is 4.90 Å². The summed E-state index contributed by atoms with van der Waals surface area (Å²) in [5.41, 5.74) is -1.64. The van der Waals surface area contributed by atoms with Crippen LogP contribution in [0.4, 0.5) is 14.7 Å². The fourth-order valence-corrected chi connectivity index (χ4v) is 5.21. The first-order valence-electron chi connectivity index (χ1n) is 10.5. The number of alkyl halides is 1. The smallest absolute Gasteiger partial charge is 0.225 e. The predicted octanol–water partition coefficient (Wildman–Crippen LogP) is 4.71. The number of Topliss-reactive ketones (excluding diaryl/α,β-unsaturated/α-hetero) is 1. The second-order valence-electron chi connectivity index (χ2n) is 8.42.